The zero-order valence-electron chi connectivity index (χ0n) is 10.2. The first-order chi connectivity index (χ1) is 9.28. The number of carbonyl (C=O) groups is 2. The molecule has 0 aliphatic rings. The highest BCUT2D eigenvalue weighted by Gasteiger charge is 2.26. The number of amides is 1. The number of alkyl carbamates (subject to hydrolysis) is 1. The Labute approximate surface area is 115 Å². The molecule has 0 aromatic heterocycles. The van der Waals surface area contributed by atoms with Crippen LogP contribution in [-0.4, -0.2) is 41.9 Å². The van der Waals surface area contributed by atoms with Gasteiger partial charge in [-0.25, -0.2) is 9.59 Å². The van der Waals surface area contributed by atoms with Crippen molar-refractivity contribution in [1.82, 2.24) is 5.32 Å². The van der Waals surface area contributed by atoms with Gasteiger partial charge >= 0.3 is 12.1 Å². The maximum atomic E-state index is 11.3. The van der Waals surface area contributed by atoms with Crippen LogP contribution in [0, 0.1) is 0 Å². The molecule has 0 saturated carbocycles. The minimum Gasteiger partial charge on any atom is -0.480 e. The fourth-order valence-corrected chi connectivity index (χ4v) is 1.94. The molecule has 110 valence electrons. The molecule has 0 fully saturated rings. The second kappa shape index (κ2) is 6.87. The van der Waals surface area contributed by atoms with Gasteiger partial charge < -0.3 is 15.2 Å². The summed E-state index contributed by atoms with van der Waals surface area (Å²) in [5, 5.41) is 10.6. The van der Waals surface area contributed by atoms with E-state index in [1.807, 2.05) is 5.32 Å². The smallest absolute Gasteiger partial charge is 0.408 e. The van der Waals surface area contributed by atoms with Gasteiger partial charge in [0.15, 0.2) is 0 Å². The molecule has 0 saturated heterocycles. The Kier molecular flexibility index (Phi) is 5.47. The Morgan fingerprint density at radius 1 is 1.25 bits per heavy atom. The topological polar surface area (TPSA) is 130 Å². The third-order valence-corrected chi connectivity index (χ3v) is 2.93. The molecule has 8 nitrogen and oxygen atoms in total. The van der Waals surface area contributed by atoms with E-state index in [1.165, 1.54) is 0 Å². The highest BCUT2D eigenvalue weighted by Crippen LogP contribution is 2.01. The summed E-state index contributed by atoms with van der Waals surface area (Å²) in [6.45, 7) is -0.0924. The number of hydrogen-bond donors (Lipinski definition) is 3. The zero-order valence-corrected chi connectivity index (χ0v) is 11.0. The van der Waals surface area contributed by atoms with Crippen LogP contribution in [-0.2, 0) is 26.3 Å². The van der Waals surface area contributed by atoms with Crippen molar-refractivity contribution < 1.29 is 32.4 Å². The van der Waals surface area contributed by atoms with E-state index in [0.29, 0.717) is 5.56 Å². The van der Waals surface area contributed by atoms with E-state index in [4.69, 9.17) is 14.4 Å². The lowest BCUT2D eigenvalue weighted by Crippen LogP contribution is -2.45. The molecule has 0 spiro atoms. The number of carboxylic acids is 1. The Morgan fingerprint density at radius 3 is 2.35 bits per heavy atom. The van der Waals surface area contributed by atoms with Crippen LogP contribution in [0.3, 0.4) is 0 Å². The first-order valence-electron chi connectivity index (χ1n) is 5.43. The van der Waals surface area contributed by atoms with Gasteiger partial charge in [0.05, 0.1) is 0 Å². The van der Waals surface area contributed by atoms with Crippen LogP contribution in [0.4, 0.5) is 4.79 Å². The fourth-order valence-electron chi connectivity index (χ4n) is 1.29. The van der Waals surface area contributed by atoms with Gasteiger partial charge in [0.25, 0.3) is 10.1 Å². The molecule has 0 radical (unpaired) electrons. The van der Waals surface area contributed by atoms with Crippen LogP contribution in [0.1, 0.15) is 5.56 Å². The van der Waals surface area contributed by atoms with Crippen LogP contribution in [0.2, 0.25) is 0 Å². The van der Waals surface area contributed by atoms with Crippen LogP contribution in [0.5, 0.6) is 0 Å². The van der Waals surface area contributed by atoms with Crippen LogP contribution < -0.4 is 5.32 Å². The lowest BCUT2D eigenvalue weighted by molar-refractivity contribution is -0.138. The zero-order chi connectivity index (χ0) is 15.2. The summed E-state index contributed by atoms with van der Waals surface area (Å²) in [4.78, 5) is 22.1. The van der Waals surface area contributed by atoms with Crippen LogP contribution in [0.25, 0.3) is 0 Å². The van der Waals surface area contributed by atoms with Gasteiger partial charge in [0.2, 0.25) is 0 Å². The standard InChI is InChI=1S/C11H13NO7S/c13-10(14)9(7-20(16,17)18)12-11(15)19-6-8-4-2-1-3-5-8/h1-5,9H,6-7H2,(H,12,15)(H,13,14)(H,16,17,18). The second-order valence-electron chi connectivity index (χ2n) is 3.85. The molecule has 3 N–H and O–H groups in total. The fraction of sp³-hybridized carbons (Fsp3) is 0.273. The monoisotopic (exact) mass is 303 g/mol. The summed E-state index contributed by atoms with van der Waals surface area (Å²) >= 11 is 0. The lowest BCUT2D eigenvalue weighted by atomic mass is 10.2. The molecule has 0 aliphatic carbocycles. The Balaban J connectivity index is 2.52. The normalized spacial score (nSPS) is 12.4. The minimum absolute atomic E-state index is 0.0924. The number of hydrogen-bond acceptors (Lipinski definition) is 5. The van der Waals surface area contributed by atoms with E-state index in [9.17, 15) is 18.0 Å². The van der Waals surface area contributed by atoms with Crippen molar-refractivity contribution in [3.63, 3.8) is 0 Å². The van der Waals surface area contributed by atoms with Gasteiger partial charge in [-0.2, -0.15) is 8.42 Å². The predicted molar refractivity (Wildman–Crippen MR) is 67.6 cm³/mol. The van der Waals surface area contributed by atoms with E-state index >= 15 is 0 Å². The summed E-state index contributed by atoms with van der Waals surface area (Å²) in [6, 6.07) is 6.84. The van der Waals surface area contributed by atoms with E-state index in [-0.39, 0.29) is 6.61 Å². The Bertz CT molecular complexity index is 570. The van der Waals surface area contributed by atoms with Crippen molar-refractivity contribution in [3.8, 4) is 0 Å². The average Bonchev–Trinajstić information content (AvgIpc) is 2.35. The van der Waals surface area contributed by atoms with Crippen molar-refractivity contribution in [3.05, 3.63) is 35.9 Å². The minimum atomic E-state index is -4.53. The van der Waals surface area contributed by atoms with Gasteiger partial charge in [0.1, 0.15) is 18.4 Å². The van der Waals surface area contributed by atoms with Crippen molar-refractivity contribution in [2.75, 3.05) is 5.75 Å². The Hall–Kier alpha value is -2.13. The highest BCUT2D eigenvalue weighted by atomic mass is 32.2. The number of rotatable bonds is 6. The molecule has 1 aromatic rings. The number of benzene rings is 1. The van der Waals surface area contributed by atoms with Gasteiger partial charge in [-0.05, 0) is 5.56 Å². The molecule has 1 unspecified atom stereocenters. The molecule has 1 atom stereocenters. The Morgan fingerprint density at radius 2 is 1.85 bits per heavy atom. The molecule has 20 heavy (non-hydrogen) atoms. The first-order valence-corrected chi connectivity index (χ1v) is 7.04. The van der Waals surface area contributed by atoms with E-state index in [1.54, 1.807) is 30.3 Å². The van der Waals surface area contributed by atoms with Gasteiger partial charge in [-0.1, -0.05) is 30.3 Å². The number of carbonyl (C=O) groups excluding carboxylic acids is 1. The largest absolute Gasteiger partial charge is 0.480 e. The van der Waals surface area contributed by atoms with Crippen molar-refractivity contribution in [2.45, 2.75) is 12.6 Å². The average molecular weight is 303 g/mol. The molecule has 9 heteroatoms. The van der Waals surface area contributed by atoms with Gasteiger partial charge in [-0.3, -0.25) is 4.55 Å². The summed E-state index contributed by atoms with van der Waals surface area (Å²) in [5.41, 5.74) is 0.685. The molecule has 1 aromatic carbocycles. The highest BCUT2D eigenvalue weighted by molar-refractivity contribution is 7.85. The van der Waals surface area contributed by atoms with Crippen molar-refractivity contribution in [2.24, 2.45) is 0 Å². The van der Waals surface area contributed by atoms with E-state index in [0.717, 1.165) is 0 Å². The summed E-state index contributed by atoms with van der Waals surface area (Å²) in [6.07, 6.45) is -1.09. The molecular weight excluding hydrogens is 290 g/mol. The summed E-state index contributed by atoms with van der Waals surface area (Å²) < 4.78 is 34.5. The number of aliphatic carboxylic acids is 1. The maximum absolute atomic E-state index is 11.3. The molecule has 0 heterocycles. The quantitative estimate of drug-likeness (QED) is 0.642. The second-order valence-corrected chi connectivity index (χ2v) is 5.34. The molecule has 0 aliphatic heterocycles. The molecule has 1 amide bonds. The number of nitrogens with one attached hydrogen (secondary N) is 1. The van der Waals surface area contributed by atoms with Crippen LogP contribution >= 0.6 is 0 Å². The molecule has 0 bridgehead atoms. The van der Waals surface area contributed by atoms with E-state index < -0.39 is 34.0 Å². The molecular formula is C11H13NO7S. The van der Waals surface area contributed by atoms with Crippen molar-refractivity contribution >= 4 is 22.2 Å². The molecule has 1 rings (SSSR count). The predicted octanol–water partition coefficient (Wildman–Crippen LogP) is 0.254. The van der Waals surface area contributed by atoms with E-state index in [2.05, 4.69) is 0 Å². The summed E-state index contributed by atoms with van der Waals surface area (Å²) in [7, 11) is -4.53. The van der Waals surface area contributed by atoms with Crippen LogP contribution in [0.15, 0.2) is 30.3 Å². The van der Waals surface area contributed by atoms with Gasteiger partial charge in [-0.15, -0.1) is 0 Å². The number of ether oxygens (including phenoxy) is 1. The van der Waals surface area contributed by atoms with Crippen molar-refractivity contribution in [1.29, 1.82) is 0 Å². The SMILES string of the molecule is O=C(NC(CS(=O)(=O)O)C(=O)O)OCc1ccccc1. The third-order valence-electron chi connectivity index (χ3n) is 2.18. The number of carboxylic acid groups (broad SMARTS) is 1. The van der Waals surface area contributed by atoms with Gasteiger partial charge in [0, 0.05) is 0 Å². The lowest BCUT2D eigenvalue weighted by Gasteiger charge is -2.13. The maximum Gasteiger partial charge on any atom is 0.408 e. The third kappa shape index (κ3) is 6.16. The first kappa shape index (κ1) is 15.9. The summed E-state index contributed by atoms with van der Waals surface area (Å²) in [5.74, 6) is -2.73.